The summed E-state index contributed by atoms with van der Waals surface area (Å²) >= 11 is 0. The average molecular weight is 171 g/mol. The number of aliphatic hydroxyl groups is 1. The Bertz CT molecular complexity index is 145. The molecule has 0 unspecified atom stereocenters. The molecule has 1 heterocycles. The van der Waals surface area contributed by atoms with Gasteiger partial charge in [-0.25, -0.2) is 0 Å². The SMILES string of the molecule is CCC(C)(C)N1CCC[C@H]1CO. The quantitative estimate of drug-likeness (QED) is 0.697. The highest BCUT2D eigenvalue weighted by atomic mass is 16.3. The lowest BCUT2D eigenvalue weighted by atomic mass is 9.98. The molecule has 2 nitrogen and oxygen atoms in total. The summed E-state index contributed by atoms with van der Waals surface area (Å²) in [6.07, 6.45) is 3.57. The second-order valence-corrected chi connectivity index (χ2v) is 4.34. The van der Waals surface area contributed by atoms with Crippen molar-refractivity contribution in [2.45, 2.75) is 51.6 Å². The van der Waals surface area contributed by atoms with Gasteiger partial charge in [-0.2, -0.15) is 0 Å². The normalized spacial score (nSPS) is 26.5. The summed E-state index contributed by atoms with van der Waals surface area (Å²) < 4.78 is 0. The summed E-state index contributed by atoms with van der Waals surface area (Å²) in [7, 11) is 0. The first-order chi connectivity index (χ1) is 5.61. The second-order valence-electron chi connectivity index (χ2n) is 4.34. The molecule has 12 heavy (non-hydrogen) atoms. The molecule has 0 aromatic carbocycles. The average Bonchev–Trinajstić information content (AvgIpc) is 2.52. The van der Waals surface area contributed by atoms with Crippen LogP contribution in [0.2, 0.25) is 0 Å². The lowest BCUT2D eigenvalue weighted by molar-refractivity contribution is 0.0663. The van der Waals surface area contributed by atoms with Crippen molar-refractivity contribution in [3.63, 3.8) is 0 Å². The van der Waals surface area contributed by atoms with Crippen molar-refractivity contribution < 1.29 is 5.11 Å². The van der Waals surface area contributed by atoms with Crippen LogP contribution in [0.1, 0.15) is 40.0 Å². The van der Waals surface area contributed by atoms with E-state index in [9.17, 15) is 0 Å². The third kappa shape index (κ3) is 1.80. The molecular weight excluding hydrogens is 150 g/mol. The van der Waals surface area contributed by atoms with E-state index in [2.05, 4.69) is 25.7 Å². The molecule has 0 saturated carbocycles. The molecule has 0 spiro atoms. The molecule has 2 heteroatoms. The van der Waals surface area contributed by atoms with Crippen LogP contribution in [-0.4, -0.2) is 34.7 Å². The molecule has 0 radical (unpaired) electrons. The highest BCUT2D eigenvalue weighted by Gasteiger charge is 2.33. The van der Waals surface area contributed by atoms with Crippen molar-refractivity contribution >= 4 is 0 Å². The standard InChI is InChI=1S/C10H21NO/c1-4-10(2,3)11-7-5-6-9(11)8-12/h9,12H,4-8H2,1-3H3/t9-/m0/s1. The first-order valence-electron chi connectivity index (χ1n) is 4.99. The largest absolute Gasteiger partial charge is 0.395 e. The van der Waals surface area contributed by atoms with E-state index in [0.29, 0.717) is 12.6 Å². The fourth-order valence-electron chi connectivity index (χ4n) is 2.03. The Morgan fingerprint density at radius 2 is 2.17 bits per heavy atom. The molecule has 1 N–H and O–H groups in total. The maximum atomic E-state index is 9.15. The number of nitrogens with zero attached hydrogens (tertiary/aromatic N) is 1. The summed E-state index contributed by atoms with van der Waals surface area (Å²) in [6, 6.07) is 0.417. The number of aliphatic hydroxyl groups excluding tert-OH is 1. The minimum absolute atomic E-state index is 0.268. The molecule has 0 aromatic rings. The molecular formula is C10H21NO. The Morgan fingerprint density at radius 1 is 1.50 bits per heavy atom. The predicted molar refractivity (Wildman–Crippen MR) is 51.2 cm³/mol. The Hall–Kier alpha value is -0.0800. The van der Waals surface area contributed by atoms with Gasteiger partial charge in [0.15, 0.2) is 0 Å². The fraction of sp³-hybridized carbons (Fsp3) is 1.00. The van der Waals surface area contributed by atoms with Crippen LogP contribution in [0, 0.1) is 0 Å². The topological polar surface area (TPSA) is 23.5 Å². The molecule has 1 saturated heterocycles. The minimum Gasteiger partial charge on any atom is -0.395 e. The summed E-state index contributed by atoms with van der Waals surface area (Å²) in [5, 5.41) is 9.15. The smallest absolute Gasteiger partial charge is 0.0587 e. The van der Waals surface area contributed by atoms with Crippen LogP contribution in [-0.2, 0) is 0 Å². The molecule has 0 bridgehead atoms. The van der Waals surface area contributed by atoms with Gasteiger partial charge in [0.05, 0.1) is 6.61 Å². The zero-order chi connectivity index (χ0) is 9.19. The van der Waals surface area contributed by atoms with Gasteiger partial charge in [0.2, 0.25) is 0 Å². The molecule has 1 atom stereocenters. The van der Waals surface area contributed by atoms with E-state index in [0.717, 1.165) is 13.0 Å². The van der Waals surface area contributed by atoms with Crippen LogP contribution < -0.4 is 0 Å². The van der Waals surface area contributed by atoms with Gasteiger partial charge in [-0.15, -0.1) is 0 Å². The van der Waals surface area contributed by atoms with Crippen molar-refractivity contribution in [3.8, 4) is 0 Å². The Kier molecular flexibility index (Phi) is 3.13. The van der Waals surface area contributed by atoms with E-state index in [1.54, 1.807) is 0 Å². The van der Waals surface area contributed by atoms with Gasteiger partial charge >= 0.3 is 0 Å². The summed E-state index contributed by atoms with van der Waals surface area (Å²) in [5.74, 6) is 0. The van der Waals surface area contributed by atoms with Crippen LogP contribution in [0.5, 0.6) is 0 Å². The molecule has 1 aliphatic heterocycles. The maximum Gasteiger partial charge on any atom is 0.0587 e. The van der Waals surface area contributed by atoms with E-state index < -0.39 is 0 Å². The van der Waals surface area contributed by atoms with Crippen molar-refractivity contribution in [1.29, 1.82) is 0 Å². The summed E-state index contributed by atoms with van der Waals surface area (Å²) in [6.45, 7) is 8.23. The van der Waals surface area contributed by atoms with Gasteiger partial charge in [-0.3, -0.25) is 4.90 Å². The molecule has 1 fully saturated rings. The number of likely N-dealkylation sites (tertiary alicyclic amines) is 1. The van der Waals surface area contributed by atoms with Crippen LogP contribution in [0.25, 0.3) is 0 Å². The van der Waals surface area contributed by atoms with Crippen molar-refractivity contribution in [3.05, 3.63) is 0 Å². The predicted octanol–water partition coefficient (Wildman–Crippen LogP) is 1.63. The van der Waals surface area contributed by atoms with E-state index in [4.69, 9.17) is 5.11 Å². The number of rotatable bonds is 3. The van der Waals surface area contributed by atoms with E-state index in [1.807, 2.05) is 0 Å². The zero-order valence-electron chi connectivity index (χ0n) is 8.51. The molecule has 0 aromatic heterocycles. The molecule has 1 rings (SSSR count). The van der Waals surface area contributed by atoms with Gasteiger partial charge in [0, 0.05) is 11.6 Å². The van der Waals surface area contributed by atoms with Gasteiger partial charge in [-0.05, 0) is 39.7 Å². The summed E-state index contributed by atoms with van der Waals surface area (Å²) in [4.78, 5) is 2.45. The monoisotopic (exact) mass is 171 g/mol. The zero-order valence-corrected chi connectivity index (χ0v) is 8.51. The van der Waals surface area contributed by atoms with E-state index >= 15 is 0 Å². The number of hydrogen-bond acceptors (Lipinski definition) is 2. The Balaban J connectivity index is 2.60. The third-order valence-electron chi connectivity index (χ3n) is 3.23. The lowest BCUT2D eigenvalue weighted by Crippen LogP contribution is -2.47. The molecule has 0 aliphatic carbocycles. The van der Waals surface area contributed by atoms with Gasteiger partial charge in [0.1, 0.15) is 0 Å². The molecule has 72 valence electrons. The van der Waals surface area contributed by atoms with Crippen LogP contribution in [0.3, 0.4) is 0 Å². The lowest BCUT2D eigenvalue weighted by Gasteiger charge is -2.38. The van der Waals surface area contributed by atoms with Crippen molar-refractivity contribution in [2.24, 2.45) is 0 Å². The fourth-order valence-corrected chi connectivity index (χ4v) is 2.03. The molecule has 0 amide bonds. The maximum absolute atomic E-state index is 9.15. The second kappa shape index (κ2) is 3.75. The highest BCUT2D eigenvalue weighted by molar-refractivity contribution is 4.89. The first kappa shape index (κ1) is 10.0. The van der Waals surface area contributed by atoms with Crippen molar-refractivity contribution in [1.82, 2.24) is 4.90 Å². The van der Waals surface area contributed by atoms with Gasteiger partial charge in [-0.1, -0.05) is 6.92 Å². The third-order valence-corrected chi connectivity index (χ3v) is 3.23. The Labute approximate surface area is 75.6 Å². The van der Waals surface area contributed by atoms with Gasteiger partial charge < -0.3 is 5.11 Å². The summed E-state index contributed by atoms with van der Waals surface area (Å²) in [5.41, 5.74) is 0.268. The van der Waals surface area contributed by atoms with Crippen molar-refractivity contribution in [2.75, 3.05) is 13.2 Å². The van der Waals surface area contributed by atoms with Crippen LogP contribution >= 0.6 is 0 Å². The van der Waals surface area contributed by atoms with Crippen LogP contribution in [0.15, 0.2) is 0 Å². The highest BCUT2D eigenvalue weighted by Crippen LogP contribution is 2.28. The Morgan fingerprint density at radius 3 is 2.67 bits per heavy atom. The first-order valence-corrected chi connectivity index (χ1v) is 4.99. The van der Waals surface area contributed by atoms with Crippen LogP contribution in [0.4, 0.5) is 0 Å². The van der Waals surface area contributed by atoms with E-state index in [1.165, 1.54) is 12.8 Å². The van der Waals surface area contributed by atoms with E-state index in [-0.39, 0.29) is 5.54 Å². The molecule has 1 aliphatic rings. The van der Waals surface area contributed by atoms with Gasteiger partial charge in [0.25, 0.3) is 0 Å². The minimum atomic E-state index is 0.268. The number of hydrogen-bond donors (Lipinski definition) is 1.